The van der Waals surface area contributed by atoms with Gasteiger partial charge in [-0.1, -0.05) is 18.2 Å². The van der Waals surface area contributed by atoms with Crippen LogP contribution in [0.2, 0.25) is 0 Å². The highest BCUT2D eigenvalue weighted by molar-refractivity contribution is 6.07. The zero-order chi connectivity index (χ0) is 12.7. The lowest BCUT2D eigenvalue weighted by atomic mass is 10.1. The number of hydrogen-bond acceptors (Lipinski definition) is 4. The van der Waals surface area contributed by atoms with Crippen LogP contribution in [0.3, 0.4) is 0 Å². The molecule has 0 aliphatic carbocycles. The molecule has 0 aliphatic rings. The summed E-state index contributed by atoms with van der Waals surface area (Å²) in [4.78, 5) is 10.2. The maximum Gasteiger partial charge on any atom is 0.434 e. The van der Waals surface area contributed by atoms with Crippen LogP contribution in [0.25, 0.3) is 21.7 Å². The molecule has 5 nitrogen and oxygen atoms in total. The minimum atomic E-state index is -0.536. The summed E-state index contributed by atoms with van der Waals surface area (Å²) in [6.07, 6.45) is 0. The van der Waals surface area contributed by atoms with E-state index in [0.29, 0.717) is 16.7 Å². The summed E-state index contributed by atoms with van der Waals surface area (Å²) < 4.78 is 10.5. The molecule has 0 atom stereocenters. The first-order valence-electron chi connectivity index (χ1n) is 5.34. The van der Waals surface area contributed by atoms with E-state index in [0.717, 1.165) is 10.8 Å². The van der Waals surface area contributed by atoms with Crippen LogP contribution >= 0.6 is 0 Å². The topological polar surface area (TPSA) is 65.5 Å². The Hall–Kier alpha value is -2.56. The zero-order valence-corrected chi connectivity index (χ0v) is 9.54. The molecule has 0 spiro atoms. The van der Waals surface area contributed by atoms with Crippen LogP contribution in [0.15, 0.2) is 40.8 Å². The summed E-state index contributed by atoms with van der Waals surface area (Å²) in [5, 5.41) is 13.1. The third kappa shape index (κ3) is 1.41. The van der Waals surface area contributed by atoms with Gasteiger partial charge >= 0.3 is 5.88 Å². The van der Waals surface area contributed by atoms with Gasteiger partial charge in [-0.15, -0.1) is 0 Å². The van der Waals surface area contributed by atoms with Crippen molar-refractivity contribution in [3.05, 3.63) is 46.5 Å². The van der Waals surface area contributed by atoms with Crippen LogP contribution < -0.4 is 4.74 Å². The molecule has 18 heavy (non-hydrogen) atoms. The Morgan fingerprint density at radius 1 is 1.22 bits per heavy atom. The SMILES string of the molecule is COc1cccc2c1ccc1cc([N+](=O)[O-])oc12. The standard InChI is InChI=1S/C13H9NO4/c1-17-11-4-2-3-10-9(11)6-5-8-7-12(14(15)16)18-13(8)10/h2-7H,1H3. The van der Waals surface area contributed by atoms with Gasteiger partial charge in [0.15, 0.2) is 0 Å². The molecule has 3 aromatic rings. The van der Waals surface area contributed by atoms with E-state index in [1.807, 2.05) is 24.3 Å². The smallest absolute Gasteiger partial charge is 0.434 e. The fraction of sp³-hybridized carbons (Fsp3) is 0.0769. The van der Waals surface area contributed by atoms with Gasteiger partial charge < -0.3 is 9.15 Å². The van der Waals surface area contributed by atoms with Crippen molar-refractivity contribution in [2.45, 2.75) is 0 Å². The molecule has 0 saturated heterocycles. The normalized spacial score (nSPS) is 10.9. The molecule has 0 bridgehead atoms. The lowest BCUT2D eigenvalue weighted by molar-refractivity contribution is -0.401. The molecule has 90 valence electrons. The molecule has 5 heteroatoms. The maximum absolute atomic E-state index is 10.7. The third-order valence-electron chi connectivity index (χ3n) is 2.89. The fourth-order valence-corrected chi connectivity index (χ4v) is 2.08. The Morgan fingerprint density at radius 2 is 2.06 bits per heavy atom. The van der Waals surface area contributed by atoms with Gasteiger partial charge in [0.25, 0.3) is 0 Å². The predicted molar refractivity (Wildman–Crippen MR) is 66.9 cm³/mol. The van der Waals surface area contributed by atoms with Gasteiger partial charge in [-0.3, -0.25) is 10.1 Å². The second kappa shape index (κ2) is 3.73. The maximum atomic E-state index is 10.7. The van der Waals surface area contributed by atoms with Crippen molar-refractivity contribution in [3.8, 4) is 5.75 Å². The van der Waals surface area contributed by atoms with Gasteiger partial charge in [0.1, 0.15) is 16.3 Å². The number of methoxy groups -OCH3 is 1. The minimum absolute atomic E-state index is 0.250. The van der Waals surface area contributed by atoms with E-state index in [-0.39, 0.29) is 5.88 Å². The van der Waals surface area contributed by atoms with Crippen LogP contribution in [-0.2, 0) is 0 Å². The minimum Gasteiger partial charge on any atom is -0.496 e. The summed E-state index contributed by atoms with van der Waals surface area (Å²) in [7, 11) is 1.59. The van der Waals surface area contributed by atoms with Crippen molar-refractivity contribution in [3.63, 3.8) is 0 Å². The lowest BCUT2D eigenvalue weighted by Gasteiger charge is -2.04. The van der Waals surface area contributed by atoms with E-state index in [4.69, 9.17) is 9.15 Å². The van der Waals surface area contributed by atoms with Crippen LogP contribution in [0, 0.1) is 10.1 Å². The number of fused-ring (bicyclic) bond motifs is 3. The summed E-state index contributed by atoms with van der Waals surface area (Å²) in [5.74, 6) is 0.466. The van der Waals surface area contributed by atoms with Gasteiger partial charge in [0.2, 0.25) is 0 Å². The van der Waals surface area contributed by atoms with Crippen LogP contribution in [0.1, 0.15) is 0 Å². The molecule has 2 aromatic carbocycles. The highest BCUT2D eigenvalue weighted by atomic mass is 16.6. The van der Waals surface area contributed by atoms with Crippen LogP contribution in [-0.4, -0.2) is 12.0 Å². The largest absolute Gasteiger partial charge is 0.496 e. The van der Waals surface area contributed by atoms with E-state index in [9.17, 15) is 10.1 Å². The Labute approximate surface area is 102 Å². The number of ether oxygens (including phenoxy) is 1. The number of hydrogen-bond donors (Lipinski definition) is 0. The van der Waals surface area contributed by atoms with Crippen LogP contribution in [0.4, 0.5) is 5.88 Å². The predicted octanol–water partition coefficient (Wildman–Crippen LogP) is 3.50. The van der Waals surface area contributed by atoms with E-state index in [1.54, 1.807) is 13.2 Å². The molecular formula is C13H9NO4. The van der Waals surface area contributed by atoms with Crippen molar-refractivity contribution in [2.75, 3.05) is 7.11 Å². The van der Waals surface area contributed by atoms with Gasteiger partial charge in [-0.05, 0) is 12.1 Å². The average molecular weight is 243 g/mol. The second-order valence-corrected chi connectivity index (χ2v) is 3.88. The Balaban J connectivity index is 2.42. The van der Waals surface area contributed by atoms with E-state index in [1.165, 1.54) is 6.07 Å². The summed E-state index contributed by atoms with van der Waals surface area (Å²) in [5.41, 5.74) is 0.512. The summed E-state index contributed by atoms with van der Waals surface area (Å²) in [6.45, 7) is 0. The molecule has 0 fully saturated rings. The highest BCUT2D eigenvalue weighted by Crippen LogP contribution is 2.34. The average Bonchev–Trinajstić information content (AvgIpc) is 2.82. The zero-order valence-electron chi connectivity index (χ0n) is 9.54. The van der Waals surface area contributed by atoms with Crippen molar-refractivity contribution < 1.29 is 14.1 Å². The molecule has 1 aromatic heterocycles. The number of benzene rings is 2. The van der Waals surface area contributed by atoms with Crippen molar-refractivity contribution in [1.82, 2.24) is 0 Å². The number of rotatable bonds is 2. The van der Waals surface area contributed by atoms with Crippen molar-refractivity contribution in [1.29, 1.82) is 0 Å². The first-order valence-corrected chi connectivity index (χ1v) is 5.34. The molecule has 0 radical (unpaired) electrons. The van der Waals surface area contributed by atoms with Crippen molar-refractivity contribution >= 4 is 27.6 Å². The van der Waals surface area contributed by atoms with Crippen LogP contribution in [0.5, 0.6) is 5.75 Å². The van der Waals surface area contributed by atoms with Gasteiger partial charge in [-0.2, -0.15) is 0 Å². The Bertz CT molecular complexity index is 760. The van der Waals surface area contributed by atoms with Crippen molar-refractivity contribution in [2.24, 2.45) is 0 Å². The number of nitro groups is 1. The number of furan rings is 1. The monoisotopic (exact) mass is 243 g/mol. The van der Waals surface area contributed by atoms with Gasteiger partial charge in [0.05, 0.1) is 13.2 Å². The Kier molecular flexibility index (Phi) is 2.19. The first-order chi connectivity index (χ1) is 8.70. The Morgan fingerprint density at radius 3 is 2.78 bits per heavy atom. The molecular weight excluding hydrogens is 234 g/mol. The quantitative estimate of drug-likeness (QED) is 0.510. The van der Waals surface area contributed by atoms with E-state index in [2.05, 4.69) is 0 Å². The highest BCUT2D eigenvalue weighted by Gasteiger charge is 2.16. The molecule has 1 heterocycles. The molecule has 0 saturated carbocycles. The first kappa shape index (κ1) is 10.6. The third-order valence-corrected chi connectivity index (χ3v) is 2.89. The van der Waals surface area contributed by atoms with E-state index >= 15 is 0 Å². The summed E-state index contributed by atoms with van der Waals surface area (Å²) >= 11 is 0. The summed E-state index contributed by atoms with van der Waals surface area (Å²) in [6, 6.07) is 10.6. The molecule has 0 aliphatic heterocycles. The van der Waals surface area contributed by atoms with Gasteiger partial charge in [-0.25, -0.2) is 0 Å². The fourth-order valence-electron chi connectivity index (χ4n) is 2.08. The van der Waals surface area contributed by atoms with Gasteiger partial charge in [0, 0.05) is 16.2 Å². The number of nitrogens with zero attached hydrogens (tertiary/aromatic N) is 1. The molecule has 0 N–H and O–H groups in total. The molecule has 3 rings (SSSR count). The lowest BCUT2D eigenvalue weighted by Crippen LogP contribution is -1.84. The second-order valence-electron chi connectivity index (χ2n) is 3.88. The van der Waals surface area contributed by atoms with E-state index < -0.39 is 4.92 Å². The molecule has 0 amide bonds. The molecule has 0 unspecified atom stereocenters.